The maximum atomic E-state index is 5.71. The number of ether oxygens (including phenoxy) is 1. The zero-order valence-corrected chi connectivity index (χ0v) is 15.9. The Balaban J connectivity index is 0.00000169. The van der Waals surface area contributed by atoms with Crippen LogP contribution in [-0.2, 0) is 4.74 Å². The normalized spacial score (nSPS) is 36.8. The molecule has 0 aromatic heterocycles. The highest BCUT2D eigenvalue weighted by Crippen LogP contribution is 2.31. The first-order chi connectivity index (χ1) is 11.4. The second-order valence-electron chi connectivity index (χ2n) is 8.25. The predicted molar refractivity (Wildman–Crippen MR) is 101 cm³/mol. The lowest BCUT2D eigenvalue weighted by Gasteiger charge is -2.39. The molecular formula is C19H36ClN3O. The van der Waals surface area contributed by atoms with E-state index in [-0.39, 0.29) is 12.4 Å². The fourth-order valence-electron chi connectivity index (χ4n) is 5.54. The van der Waals surface area contributed by atoms with Crippen molar-refractivity contribution in [2.75, 3.05) is 32.8 Å². The second-order valence-corrected chi connectivity index (χ2v) is 8.25. The monoisotopic (exact) mass is 357 g/mol. The van der Waals surface area contributed by atoms with Gasteiger partial charge in [-0.3, -0.25) is 0 Å². The van der Waals surface area contributed by atoms with Crippen LogP contribution in [0.4, 0.5) is 0 Å². The number of morpholine rings is 1. The van der Waals surface area contributed by atoms with Crippen molar-refractivity contribution in [1.82, 2.24) is 15.5 Å². The average Bonchev–Trinajstić information content (AvgIpc) is 3.28. The number of hydrogen-bond acceptors (Lipinski definition) is 4. The topological polar surface area (TPSA) is 36.5 Å². The summed E-state index contributed by atoms with van der Waals surface area (Å²) in [4.78, 5) is 2.79. The van der Waals surface area contributed by atoms with Crippen molar-refractivity contribution in [2.24, 2.45) is 5.92 Å². The third-order valence-electron chi connectivity index (χ3n) is 6.86. The number of halogens is 1. The molecule has 2 saturated carbocycles. The smallest absolute Gasteiger partial charge is 0.0623 e. The van der Waals surface area contributed by atoms with Crippen molar-refractivity contribution in [2.45, 2.75) is 82.0 Å². The van der Waals surface area contributed by atoms with Gasteiger partial charge in [-0.15, -0.1) is 12.4 Å². The summed E-state index contributed by atoms with van der Waals surface area (Å²) in [7, 11) is 0. The summed E-state index contributed by atoms with van der Waals surface area (Å²) in [6.07, 6.45) is 12.7. The lowest BCUT2D eigenvalue weighted by Crippen LogP contribution is -2.54. The molecule has 2 saturated heterocycles. The Morgan fingerprint density at radius 1 is 0.917 bits per heavy atom. The minimum Gasteiger partial charge on any atom is -0.379 e. The van der Waals surface area contributed by atoms with Crippen LogP contribution in [0.15, 0.2) is 0 Å². The van der Waals surface area contributed by atoms with Crippen LogP contribution in [0.5, 0.6) is 0 Å². The van der Waals surface area contributed by atoms with E-state index in [1.165, 1.54) is 70.9 Å². The fourth-order valence-corrected chi connectivity index (χ4v) is 5.54. The molecule has 2 heterocycles. The maximum Gasteiger partial charge on any atom is 0.0623 e. The zero-order valence-electron chi connectivity index (χ0n) is 15.0. The molecule has 3 unspecified atom stereocenters. The van der Waals surface area contributed by atoms with Gasteiger partial charge >= 0.3 is 0 Å². The first kappa shape index (κ1) is 18.9. The average molecular weight is 358 g/mol. The van der Waals surface area contributed by atoms with Gasteiger partial charge in [0.15, 0.2) is 0 Å². The summed E-state index contributed by atoms with van der Waals surface area (Å²) >= 11 is 0. The Morgan fingerprint density at radius 3 is 2.42 bits per heavy atom. The molecule has 2 aliphatic carbocycles. The van der Waals surface area contributed by atoms with Gasteiger partial charge in [0.1, 0.15) is 0 Å². The Labute approximate surface area is 153 Å². The van der Waals surface area contributed by atoms with Crippen molar-refractivity contribution < 1.29 is 4.74 Å². The van der Waals surface area contributed by atoms with E-state index in [1.54, 1.807) is 0 Å². The summed E-state index contributed by atoms with van der Waals surface area (Å²) in [5, 5.41) is 7.75. The van der Waals surface area contributed by atoms with E-state index in [1.807, 2.05) is 0 Å². The second kappa shape index (κ2) is 9.18. The summed E-state index contributed by atoms with van der Waals surface area (Å²) in [6.45, 7) is 5.49. The minimum atomic E-state index is 0. The van der Waals surface area contributed by atoms with Gasteiger partial charge in [0.05, 0.1) is 13.2 Å². The van der Waals surface area contributed by atoms with Crippen LogP contribution in [0.2, 0.25) is 0 Å². The van der Waals surface area contributed by atoms with Gasteiger partial charge in [-0.25, -0.2) is 0 Å². The number of piperidine rings is 1. The standard InChI is InChI=1S/C19H35N3O.ClH/c1-2-5-16(4-1)22-11-8-15(9-12-22)21-18-7-3-6-17(18)19-14-23-13-10-20-19;/h15-21H,1-14H2;1H. The lowest BCUT2D eigenvalue weighted by molar-refractivity contribution is 0.0501. The van der Waals surface area contributed by atoms with Crippen molar-refractivity contribution in [3.63, 3.8) is 0 Å². The van der Waals surface area contributed by atoms with Crippen LogP contribution >= 0.6 is 12.4 Å². The van der Waals surface area contributed by atoms with E-state index >= 15 is 0 Å². The first-order valence-electron chi connectivity index (χ1n) is 10.2. The van der Waals surface area contributed by atoms with Crippen LogP contribution in [0, 0.1) is 5.92 Å². The van der Waals surface area contributed by atoms with Crippen molar-refractivity contribution in [3.8, 4) is 0 Å². The molecule has 140 valence electrons. The molecule has 4 nitrogen and oxygen atoms in total. The van der Waals surface area contributed by atoms with Crippen LogP contribution in [0.25, 0.3) is 0 Å². The van der Waals surface area contributed by atoms with Crippen LogP contribution in [-0.4, -0.2) is 61.9 Å². The van der Waals surface area contributed by atoms with E-state index in [4.69, 9.17) is 4.74 Å². The van der Waals surface area contributed by atoms with E-state index in [0.29, 0.717) is 6.04 Å². The van der Waals surface area contributed by atoms with Crippen molar-refractivity contribution >= 4 is 12.4 Å². The van der Waals surface area contributed by atoms with Crippen LogP contribution in [0.3, 0.4) is 0 Å². The summed E-state index contributed by atoms with van der Waals surface area (Å²) in [6, 6.07) is 2.97. The Bertz CT molecular complexity index is 364. The van der Waals surface area contributed by atoms with Crippen molar-refractivity contribution in [1.29, 1.82) is 0 Å². The van der Waals surface area contributed by atoms with Gasteiger partial charge in [-0.2, -0.15) is 0 Å². The third-order valence-corrected chi connectivity index (χ3v) is 6.86. The highest BCUT2D eigenvalue weighted by Gasteiger charge is 2.36. The molecule has 5 heteroatoms. The molecule has 0 spiro atoms. The van der Waals surface area contributed by atoms with Crippen molar-refractivity contribution in [3.05, 3.63) is 0 Å². The van der Waals surface area contributed by atoms with Gasteiger partial charge in [-0.05, 0) is 57.5 Å². The molecule has 4 rings (SSSR count). The molecule has 0 bridgehead atoms. The summed E-state index contributed by atoms with van der Waals surface area (Å²) in [5.41, 5.74) is 0. The van der Waals surface area contributed by atoms with Crippen LogP contribution in [0.1, 0.15) is 57.8 Å². The van der Waals surface area contributed by atoms with E-state index in [9.17, 15) is 0 Å². The molecule has 4 fully saturated rings. The van der Waals surface area contributed by atoms with E-state index < -0.39 is 0 Å². The van der Waals surface area contributed by atoms with Gasteiger partial charge in [0.25, 0.3) is 0 Å². The number of rotatable bonds is 4. The van der Waals surface area contributed by atoms with Gasteiger partial charge in [-0.1, -0.05) is 19.3 Å². The van der Waals surface area contributed by atoms with Gasteiger partial charge in [0, 0.05) is 30.7 Å². The molecule has 24 heavy (non-hydrogen) atoms. The number of hydrogen-bond donors (Lipinski definition) is 2. The van der Waals surface area contributed by atoms with E-state index in [0.717, 1.165) is 43.8 Å². The molecular weight excluding hydrogens is 322 g/mol. The van der Waals surface area contributed by atoms with E-state index in [2.05, 4.69) is 15.5 Å². The molecule has 0 aromatic carbocycles. The van der Waals surface area contributed by atoms with Gasteiger partial charge < -0.3 is 20.3 Å². The quantitative estimate of drug-likeness (QED) is 0.810. The highest BCUT2D eigenvalue weighted by molar-refractivity contribution is 5.85. The zero-order chi connectivity index (χ0) is 15.5. The molecule has 2 aliphatic heterocycles. The Hall–Kier alpha value is 0.130. The number of nitrogens with zero attached hydrogens (tertiary/aromatic N) is 1. The Kier molecular flexibility index (Phi) is 7.23. The molecule has 0 radical (unpaired) electrons. The molecule has 0 amide bonds. The lowest BCUT2D eigenvalue weighted by atomic mass is 9.92. The molecule has 0 aromatic rings. The number of likely N-dealkylation sites (tertiary alicyclic amines) is 1. The third kappa shape index (κ3) is 4.45. The van der Waals surface area contributed by atoms with Crippen LogP contribution < -0.4 is 10.6 Å². The minimum absolute atomic E-state index is 0. The Morgan fingerprint density at radius 2 is 1.71 bits per heavy atom. The van der Waals surface area contributed by atoms with Gasteiger partial charge in [0.2, 0.25) is 0 Å². The number of nitrogens with one attached hydrogen (secondary N) is 2. The first-order valence-corrected chi connectivity index (χ1v) is 10.2. The predicted octanol–water partition coefficient (Wildman–Crippen LogP) is 2.56. The fraction of sp³-hybridized carbons (Fsp3) is 1.00. The SMILES string of the molecule is C1CC(NC2CCN(C3CCCC3)CC2)C(C2COCCN2)C1.Cl. The maximum absolute atomic E-state index is 5.71. The molecule has 2 N–H and O–H groups in total. The summed E-state index contributed by atoms with van der Waals surface area (Å²) < 4.78 is 5.71. The molecule has 4 aliphatic rings. The summed E-state index contributed by atoms with van der Waals surface area (Å²) in [5.74, 6) is 0.781. The molecule has 3 atom stereocenters. The largest absolute Gasteiger partial charge is 0.379 e. The highest BCUT2D eigenvalue weighted by atomic mass is 35.5.